The number of nitrogens with zero attached hydrogens (tertiary/aromatic N) is 3. The van der Waals surface area contributed by atoms with Gasteiger partial charge in [-0.2, -0.15) is 18.2 Å². The SMILES string of the molecule is O=C(Nc1cccc(F)c1)N1CCc2cc(-c3noc(C(F)(F)F)n3)sc2C1. The first-order valence-corrected chi connectivity index (χ1v) is 8.95. The molecule has 0 spiro atoms. The normalized spacial score (nSPS) is 14.1. The van der Waals surface area contributed by atoms with Crippen molar-refractivity contribution in [2.24, 2.45) is 0 Å². The van der Waals surface area contributed by atoms with Crippen molar-refractivity contribution in [1.82, 2.24) is 15.0 Å². The molecule has 0 saturated heterocycles. The van der Waals surface area contributed by atoms with E-state index in [4.69, 9.17) is 0 Å². The molecule has 6 nitrogen and oxygen atoms in total. The molecule has 0 atom stereocenters. The number of carbonyl (C=O) groups is 1. The van der Waals surface area contributed by atoms with Crippen LogP contribution in [0.25, 0.3) is 10.7 Å². The summed E-state index contributed by atoms with van der Waals surface area (Å²) in [5, 5.41) is 6.02. The minimum absolute atomic E-state index is 0.137. The second kappa shape index (κ2) is 6.89. The van der Waals surface area contributed by atoms with E-state index in [0.717, 1.165) is 10.4 Å². The molecule has 0 radical (unpaired) electrons. The third-order valence-electron chi connectivity index (χ3n) is 4.13. The molecule has 0 saturated carbocycles. The Morgan fingerprint density at radius 2 is 2.11 bits per heavy atom. The Morgan fingerprint density at radius 1 is 1.29 bits per heavy atom. The zero-order chi connectivity index (χ0) is 19.9. The number of urea groups is 1. The van der Waals surface area contributed by atoms with Crippen LogP contribution < -0.4 is 5.32 Å². The Kier molecular flexibility index (Phi) is 4.53. The minimum atomic E-state index is -4.70. The highest BCUT2D eigenvalue weighted by atomic mass is 32.1. The number of halogens is 4. The zero-order valence-electron chi connectivity index (χ0n) is 14.1. The predicted octanol–water partition coefficient (Wildman–Crippen LogP) is 4.55. The van der Waals surface area contributed by atoms with Crippen LogP contribution in [-0.2, 0) is 19.1 Å². The summed E-state index contributed by atoms with van der Waals surface area (Å²) in [5.74, 6) is -1.99. The van der Waals surface area contributed by atoms with Crippen molar-refractivity contribution in [3.8, 4) is 10.7 Å². The number of anilines is 1. The van der Waals surface area contributed by atoms with E-state index in [-0.39, 0.29) is 18.4 Å². The number of hydrogen-bond acceptors (Lipinski definition) is 5. The lowest BCUT2D eigenvalue weighted by Crippen LogP contribution is -2.38. The summed E-state index contributed by atoms with van der Waals surface area (Å²) < 4.78 is 55.4. The van der Waals surface area contributed by atoms with Gasteiger partial charge in [-0.05, 0) is 36.2 Å². The van der Waals surface area contributed by atoms with Crippen LogP contribution in [-0.4, -0.2) is 27.6 Å². The lowest BCUT2D eigenvalue weighted by atomic mass is 10.1. The van der Waals surface area contributed by atoms with E-state index in [1.165, 1.54) is 29.5 Å². The van der Waals surface area contributed by atoms with Crippen LogP contribution in [0.4, 0.5) is 28.0 Å². The number of fused-ring (bicyclic) bond motifs is 1. The van der Waals surface area contributed by atoms with Crippen molar-refractivity contribution in [1.29, 1.82) is 0 Å². The first kappa shape index (κ1) is 18.4. The van der Waals surface area contributed by atoms with E-state index in [9.17, 15) is 22.4 Å². The molecule has 0 aliphatic carbocycles. The molecule has 2 amide bonds. The van der Waals surface area contributed by atoms with Crippen LogP contribution in [0.2, 0.25) is 0 Å². The van der Waals surface area contributed by atoms with E-state index in [1.807, 2.05) is 0 Å². The van der Waals surface area contributed by atoms with Crippen molar-refractivity contribution >= 4 is 23.1 Å². The van der Waals surface area contributed by atoms with Crippen molar-refractivity contribution in [2.45, 2.75) is 19.1 Å². The van der Waals surface area contributed by atoms with Gasteiger partial charge in [0.15, 0.2) is 0 Å². The number of amides is 2. The highest BCUT2D eigenvalue weighted by Crippen LogP contribution is 2.35. The molecule has 4 rings (SSSR count). The predicted molar refractivity (Wildman–Crippen MR) is 92.1 cm³/mol. The molecule has 3 aromatic rings. The van der Waals surface area contributed by atoms with Gasteiger partial charge in [0, 0.05) is 17.1 Å². The third kappa shape index (κ3) is 3.70. The number of aromatic nitrogens is 2. The average molecular weight is 412 g/mol. The van der Waals surface area contributed by atoms with E-state index in [0.29, 0.717) is 23.5 Å². The van der Waals surface area contributed by atoms with E-state index in [2.05, 4.69) is 20.0 Å². The second-order valence-electron chi connectivity index (χ2n) is 6.09. The second-order valence-corrected chi connectivity index (χ2v) is 7.23. The van der Waals surface area contributed by atoms with Gasteiger partial charge < -0.3 is 14.7 Å². The molecular formula is C17H12F4N4O2S. The fourth-order valence-electron chi connectivity index (χ4n) is 2.81. The summed E-state index contributed by atoms with van der Waals surface area (Å²) in [4.78, 5) is 18.6. The molecule has 1 aliphatic heterocycles. The summed E-state index contributed by atoms with van der Waals surface area (Å²) in [6.07, 6.45) is -4.17. The smallest absolute Gasteiger partial charge is 0.329 e. The molecule has 11 heteroatoms. The topological polar surface area (TPSA) is 71.3 Å². The molecule has 28 heavy (non-hydrogen) atoms. The summed E-state index contributed by atoms with van der Waals surface area (Å²) in [5.41, 5.74) is 1.27. The van der Waals surface area contributed by atoms with Crippen LogP contribution in [0, 0.1) is 5.82 Å². The van der Waals surface area contributed by atoms with Crippen LogP contribution >= 0.6 is 11.3 Å². The fourth-order valence-corrected chi connectivity index (χ4v) is 3.96. The number of carbonyl (C=O) groups excluding carboxylic acids is 1. The van der Waals surface area contributed by atoms with Crippen molar-refractivity contribution < 1.29 is 26.9 Å². The summed E-state index contributed by atoms with van der Waals surface area (Å²) >= 11 is 1.21. The summed E-state index contributed by atoms with van der Waals surface area (Å²) in [6, 6.07) is 6.89. The zero-order valence-corrected chi connectivity index (χ0v) is 14.9. The quantitative estimate of drug-likeness (QED) is 0.627. The van der Waals surface area contributed by atoms with Gasteiger partial charge in [-0.1, -0.05) is 11.2 Å². The van der Waals surface area contributed by atoms with Crippen LogP contribution in [0.15, 0.2) is 34.9 Å². The molecule has 3 heterocycles. The van der Waals surface area contributed by atoms with Crippen molar-refractivity contribution in [2.75, 3.05) is 11.9 Å². The lowest BCUT2D eigenvalue weighted by molar-refractivity contribution is -0.159. The molecule has 1 aliphatic rings. The van der Waals surface area contributed by atoms with Gasteiger partial charge in [0.25, 0.3) is 0 Å². The number of hydrogen-bond donors (Lipinski definition) is 1. The van der Waals surface area contributed by atoms with Crippen LogP contribution in [0.3, 0.4) is 0 Å². The Labute approximate surface area is 159 Å². The number of nitrogens with one attached hydrogen (secondary N) is 1. The molecule has 1 aromatic carbocycles. The van der Waals surface area contributed by atoms with Gasteiger partial charge in [-0.15, -0.1) is 11.3 Å². The highest BCUT2D eigenvalue weighted by Gasteiger charge is 2.38. The molecule has 0 fully saturated rings. The van der Waals surface area contributed by atoms with Gasteiger partial charge in [0.1, 0.15) is 5.82 Å². The fraction of sp³-hybridized carbons (Fsp3) is 0.235. The molecule has 0 unspecified atom stereocenters. The standard InChI is InChI=1S/C17H12F4N4O2S/c18-10-2-1-3-11(7-10)22-16(26)25-5-4-9-6-12(28-13(9)8-25)14-23-15(27-24-14)17(19,20)21/h1-3,6-7H,4-5,8H2,(H,22,26). The molecule has 2 aromatic heterocycles. The number of rotatable bonds is 2. The Hall–Kier alpha value is -2.95. The van der Waals surface area contributed by atoms with E-state index >= 15 is 0 Å². The maximum Gasteiger partial charge on any atom is 0.471 e. The van der Waals surface area contributed by atoms with Crippen LogP contribution in [0.5, 0.6) is 0 Å². The third-order valence-corrected chi connectivity index (χ3v) is 5.29. The summed E-state index contributed by atoms with van der Waals surface area (Å²) in [7, 11) is 0. The first-order valence-electron chi connectivity index (χ1n) is 8.14. The minimum Gasteiger partial charge on any atom is -0.329 e. The molecule has 146 valence electrons. The Morgan fingerprint density at radius 3 is 2.82 bits per heavy atom. The van der Waals surface area contributed by atoms with Gasteiger partial charge in [0.05, 0.1) is 11.4 Å². The maximum absolute atomic E-state index is 13.2. The molecule has 1 N–H and O–H groups in total. The number of alkyl halides is 3. The Bertz CT molecular complexity index is 1030. The monoisotopic (exact) mass is 412 g/mol. The van der Waals surface area contributed by atoms with Gasteiger partial charge in [0.2, 0.25) is 5.82 Å². The van der Waals surface area contributed by atoms with Gasteiger partial charge in [-0.3, -0.25) is 0 Å². The molecule has 0 bridgehead atoms. The number of thiophene rings is 1. The summed E-state index contributed by atoms with van der Waals surface area (Å²) in [6.45, 7) is 0.704. The van der Waals surface area contributed by atoms with Crippen molar-refractivity contribution in [3.63, 3.8) is 0 Å². The van der Waals surface area contributed by atoms with Gasteiger partial charge >= 0.3 is 18.1 Å². The van der Waals surface area contributed by atoms with E-state index in [1.54, 1.807) is 17.0 Å². The number of benzene rings is 1. The average Bonchev–Trinajstić information content (AvgIpc) is 3.27. The molecular weight excluding hydrogens is 400 g/mol. The Balaban J connectivity index is 1.48. The maximum atomic E-state index is 13.2. The lowest BCUT2D eigenvalue weighted by Gasteiger charge is -2.27. The highest BCUT2D eigenvalue weighted by molar-refractivity contribution is 7.15. The van der Waals surface area contributed by atoms with Crippen LogP contribution in [0.1, 0.15) is 16.3 Å². The van der Waals surface area contributed by atoms with Crippen molar-refractivity contribution in [3.05, 3.63) is 52.5 Å². The first-order chi connectivity index (χ1) is 13.3. The van der Waals surface area contributed by atoms with E-state index < -0.39 is 17.9 Å². The van der Waals surface area contributed by atoms with Gasteiger partial charge in [-0.25, -0.2) is 9.18 Å². The largest absolute Gasteiger partial charge is 0.471 e.